The fourth-order valence-corrected chi connectivity index (χ4v) is 3.37. The van der Waals surface area contributed by atoms with Crippen LogP contribution in [-0.4, -0.2) is 39.2 Å². The number of aromatic nitrogens is 3. The van der Waals surface area contributed by atoms with Crippen LogP contribution in [0.5, 0.6) is 5.75 Å². The summed E-state index contributed by atoms with van der Waals surface area (Å²) in [4.78, 5) is 15.0. The number of nitrogens with zero attached hydrogens (tertiary/aromatic N) is 3. The molecule has 0 radical (unpaired) electrons. The maximum atomic E-state index is 12.6. The Morgan fingerprint density at radius 3 is 2.74 bits per heavy atom. The lowest BCUT2D eigenvalue weighted by Crippen LogP contribution is -2.30. The number of benzene rings is 1. The number of thiophene rings is 1. The van der Waals surface area contributed by atoms with E-state index in [4.69, 9.17) is 12.2 Å². The highest BCUT2D eigenvalue weighted by Gasteiger charge is 2.16. The number of hydrogen-bond acceptors (Lipinski definition) is 5. The van der Waals surface area contributed by atoms with Crippen LogP contribution < -0.4 is 4.74 Å². The van der Waals surface area contributed by atoms with Crippen LogP contribution in [-0.2, 0) is 17.9 Å². The molecule has 27 heavy (non-hydrogen) atoms. The molecule has 0 aliphatic rings. The molecule has 0 aliphatic heterocycles. The van der Waals surface area contributed by atoms with Gasteiger partial charge in [0.1, 0.15) is 12.3 Å². The Morgan fingerprint density at radius 2 is 2.11 bits per heavy atom. The first kappa shape index (κ1) is 19.2. The van der Waals surface area contributed by atoms with Gasteiger partial charge in [-0.25, -0.2) is 0 Å². The molecule has 2 aromatic heterocycles. The maximum Gasteiger partial charge on any atom is 0.387 e. The molecule has 6 nitrogen and oxygen atoms in total. The van der Waals surface area contributed by atoms with E-state index in [1.807, 2.05) is 17.5 Å². The predicted octanol–water partition coefficient (Wildman–Crippen LogP) is 3.93. The van der Waals surface area contributed by atoms with Gasteiger partial charge in [-0.3, -0.25) is 14.5 Å². The molecule has 0 saturated heterocycles. The normalized spacial score (nSPS) is 11.0. The number of amides is 1. The lowest BCUT2D eigenvalue weighted by atomic mass is 10.2. The van der Waals surface area contributed by atoms with Crippen molar-refractivity contribution in [2.45, 2.75) is 19.7 Å². The van der Waals surface area contributed by atoms with Crippen LogP contribution in [0.3, 0.4) is 0 Å². The molecule has 0 bridgehead atoms. The van der Waals surface area contributed by atoms with Crippen LogP contribution in [0.2, 0.25) is 0 Å². The highest BCUT2D eigenvalue weighted by Crippen LogP contribution is 2.23. The average Bonchev–Trinajstić information content (AvgIpc) is 3.27. The van der Waals surface area contributed by atoms with Gasteiger partial charge in [0.2, 0.25) is 5.91 Å². The van der Waals surface area contributed by atoms with E-state index < -0.39 is 6.61 Å². The van der Waals surface area contributed by atoms with Gasteiger partial charge in [0, 0.05) is 13.6 Å². The lowest BCUT2D eigenvalue weighted by molar-refractivity contribution is -0.131. The number of likely N-dealkylation sites (N-methyl/N-ethyl adjacent to an activating group) is 1. The molecule has 1 aromatic carbocycles. The molecule has 1 amide bonds. The number of ether oxygens (including phenoxy) is 1. The topological polar surface area (TPSA) is 63.1 Å². The molecule has 0 saturated carbocycles. The zero-order valence-corrected chi connectivity index (χ0v) is 15.9. The number of halogens is 2. The third-order valence-corrected chi connectivity index (χ3v) is 4.96. The van der Waals surface area contributed by atoms with Crippen LogP contribution in [0.1, 0.15) is 5.56 Å². The van der Waals surface area contributed by atoms with Gasteiger partial charge >= 0.3 is 6.61 Å². The number of rotatable bonds is 7. The minimum atomic E-state index is -2.86. The number of hydrogen-bond donors (Lipinski definition) is 1. The van der Waals surface area contributed by atoms with E-state index in [-0.39, 0.29) is 18.2 Å². The van der Waals surface area contributed by atoms with Gasteiger partial charge in [-0.05, 0) is 41.4 Å². The second kappa shape index (κ2) is 8.40. The summed E-state index contributed by atoms with van der Waals surface area (Å²) >= 11 is 6.74. The molecule has 142 valence electrons. The molecule has 0 aliphatic carbocycles. The summed E-state index contributed by atoms with van der Waals surface area (Å²) in [6.07, 6.45) is 0. The quantitative estimate of drug-likeness (QED) is 0.600. The third kappa shape index (κ3) is 4.77. The van der Waals surface area contributed by atoms with E-state index in [0.29, 0.717) is 17.1 Å². The van der Waals surface area contributed by atoms with Gasteiger partial charge in [0.05, 0.1) is 4.88 Å². The van der Waals surface area contributed by atoms with E-state index in [0.717, 1.165) is 10.4 Å². The predicted molar refractivity (Wildman–Crippen MR) is 100 cm³/mol. The van der Waals surface area contributed by atoms with Crippen molar-refractivity contribution in [3.8, 4) is 16.5 Å². The number of carbonyl (C=O) groups excluding carboxylic acids is 1. The molecule has 0 fully saturated rings. The number of alkyl halides is 2. The second-order valence-corrected chi connectivity index (χ2v) is 7.02. The number of aromatic amines is 1. The molecule has 0 spiro atoms. The number of H-pyrrole nitrogens is 1. The Morgan fingerprint density at radius 1 is 1.37 bits per heavy atom. The van der Waals surface area contributed by atoms with E-state index in [1.54, 1.807) is 23.7 Å². The maximum absolute atomic E-state index is 12.6. The minimum absolute atomic E-state index is 0.0473. The third-order valence-electron chi connectivity index (χ3n) is 3.79. The Kier molecular flexibility index (Phi) is 5.97. The molecular formula is C17H16F2N4O2S2. The summed E-state index contributed by atoms with van der Waals surface area (Å²) in [5.41, 5.74) is 0.793. The van der Waals surface area contributed by atoms with Crippen molar-refractivity contribution < 1.29 is 18.3 Å². The van der Waals surface area contributed by atoms with Crippen molar-refractivity contribution in [1.82, 2.24) is 19.7 Å². The van der Waals surface area contributed by atoms with Crippen LogP contribution >= 0.6 is 23.6 Å². The zero-order valence-electron chi connectivity index (χ0n) is 14.3. The largest absolute Gasteiger partial charge is 0.435 e. The van der Waals surface area contributed by atoms with Crippen LogP contribution in [0.15, 0.2) is 41.8 Å². The SMILES string of the molecule is CN(Cc1ccc(OC(F)F)cc1)C(=O)Cn1c(-c2cccs2)n[nH]c1=S. The zero-order chi connectivity index (χ0) is 19.4. The average molecular weight is 410 g/mol. The molecule has 0 unspecified atom stereocenters. The molecule has 0 atom stereocenters. The summed E-state index contributed by atoms with van der Waals surface area (Å²) in [5, 5.41) is 8.84. The molecule has 1 N–H and O–H groups in total. The molecule has 10 heteroatoms. The van der Waals surface area contributed by atoms with Gasteiger partial charge < -0.3 is 9.64 Å². The van der Waals surface area contributed by atoms with Crippen LogP contribution in [0.25, 0.3) is 10.7 Å². The van der Waals surface area contributed by atoms with Gasteiger partial charge in [-0.1, -0.05) is 18.2 Å². The lowest BCUT2D eigenvalue weighted by Gasteiger charge is -2.18. The summed E-state index contributed by atoms with van der Waals surface area (Å²) in [7, 11) is 1.67. The fourth-order valence-electron chi connectivity index (χ4n) is 2.45. The molecule has 2 heterocycles. The summed E-state index contributed by atoms with van der Waals surface area (Å²) in [5.74, 6) is 0.538. The standard InChI is InChI=1S/C17H16F2N4O2S2/c1-22(9-11-4-6-12(7-5-11)25-16(18)19)14(24)10-23-15(20-21-17(23)26)13-3-2-8-27-13/h2-8,16H,9-10H2,1H3,(H,21,26). The Labute approximate surface area is 163 Å². The van der Waals surface area contributed by atoms with Crippen molar-refractivity contribution >= 4 is 29.5 Å². The number of carbonyl (C=O) groups is 1. The van der Waals surface area contributed by atoms with Gasteiger partial charge in [0.25, 0.3) is 0 Å². The summed E-state index contributed by atoms with van der Waals surface area (Å²) in [6.45, 7) is -2.49. The smallest absolute Gasteiger partial charge is 0.387 e. The van der Waals surface area contributed by atoms with Gasteiger partial charge in [-0.2, -0.15) is 13.9 Å². The number of nitrogens with one attached hydrogen (secondary N) is 1. The second-order valence-electron chi connectivity index (χ2n) is 5.69. The highest BCUT2D eigenvalue weighted by atomic mass is 32.1. The Bertz CT molecular complexity index is 952. The van der Waals surface area contributed by atoms with Crippen molar-refractivity contribution in [2.24, 2.45) is 0 Å². The molecule has 3 rings (SSSR count). The van der Waals surface area contributed by atoms with E-state index >= 15 is 0 Å². The van der Waals surface area contributed by atoms with Crippen molar-refractivity contribution in [2.75, 3.05) is 7.05 Å². The van der Waals surface area contributed by atoms with Crippen molar-refractivity contribution in [3.63, 3.8) is 0 Å². The van der Waals surface area contributed by atoms with Crippen molar-refractivity contribution in [1.29, 1.82) is 0 Å². The van der Waals surface area contributed by atoms with E-state index in [9.17, 15) is 13.6 Å². The first-order chi connectivity index (χ1) is 12.9. The summed E-state index contributed by atoms with van der Waals surface area (Å²) < 4.78 is 30.7. The Balaban J connectivity index is 1.67. The van der Waals surface area contributed by atoms with Crippen molar-refractivity contribution in [3.05, 3.63) is 52.1 Å². The summed E-state index contributed by atoms with van der Waals surface area (Å²) in [6, 6.07) is 9.98. The van der Waals surface area contributed by atoms with Gasteiger partial charge in [0.15, 0.2) is 10.6 Å². The minimum Gasteiger partial charge on any atom is -0.435 e. The van der Waals surface area contributed by atoms with Gasteiger partial charge in [-0.15, -0.1) is 11.3 Å². The Hall–Kier alpha value is -2.59. The molecular weight excluding hydrogens is 394 g/mol. The fraction of sp³-hybridized carbons (Fsp3) is 0.235. The van der Waals surface area contributed by atoms with Crippen LogP contribution in [0.4, 0.5) is 8.78 Å². The highest BCUT2D eigenvalue weighted by molar-refractivity contribution is 7.71. The van der Waals surface area contributed by atoms with E-state index in [2.05, 4.69) is 14.9 Å². The van der Waals surface area contributed by atoms with E-state index in [1.165, 1.54) is 28.4 Å². The first-order valence-corrected chi connectivity index (χ1v) is 9.19. The first-order valence-electron chi connectivity index (χ1n) is 7.91. The monoisotopic (exact) mass is 410 g/mol. The molecule has 3 aromatic rings. The van der Waals surface area contributed by atoms with Crippen LogP contribution in [0, 0.1) is 4.77 Å².